The van der Waals surface area contributed by atoms with E-state index < -0.39 is 36.2 Å². The molecule has 2 aliphatic heterocycles. The van der Waals surface area contributed by atoms with E-state index in [1.165, 1.54) is 4.90 Å². The molecule has 0 unspecified atom stereocenters. The number of pyridine rings is 1. The van der Waals surface area contributed by atoms with Crippen molar-refractivity contribution in [3.05, 3.63) is 23.8 Å². The Morgan fingerprint density at radius 3 is 2.64 bits per heavy atom. The molecule has 1 aromatic heterocycles. The molecule has 44 heavy (non-hydrogen) atoms. The molecule has 2 aromatic rings. The van der Waals surface area contributed by atoms with Crippen LogP contribution in [0.1, 0.15) is 77.7 Å². The van der Waals surface area contributed by atoms with E-state index in [1.54, 1.807) is 13.2 Å². The Balaban J connectivity index is 1.56. The van der Waals surface area contributed by atoms with E-state index in [0.29, 0.717) is 29.5 Å². The number of cyclic esters (lactones) is 1. The number of hydrogen-bond acceptors (Lipinski definition) is 8. The number of amides is 2. The van der Waals surface area contributed by atoms with Gasteiger partial charge in [-0.3, -0.25) is 4.79 Å². The number of hydrogen-bond donors (Lipinski definition) is 2. The summed E-state index contributed by atoms with van der Waals surface area (Å²) in [5.41, 5.74) is 1.31. The summed E-state index contributed by atoms with van der Waals surface area (Å²) in [6.45, 7) is 6.63. The normalized spacial score (nSPS) is 25.0. The van der Waals surface area contributed by atoms with Gasteiger partial charge in [0.05, 0.1) is 32.4 Å². The number of aryl methyl sites for hydroxylation is 1. The lowest BCUT2D eigenvalue weighted by Crippen LogP contribution is -2.55. The summed E-state index contributed by atoms with van der Waals surface area (Å²) < 4.78 is 23.7. The van der Waals surface area contributed by atoms with Crippen molar-refractivity contribution >= 4 is 28.9 Å². The molecule has 3 atom stereocenters. The van der Waals surface area contributed by atoms with Crippen LogP contribution in [0.4, 0.5) is 4.79 Å². The van der Waals surface area contributed by atoms with Crippen LogP contribution >= 0.6 is 0 Å². The van der Waals surface area contributed by atoms with E-state index in [-0.39, 0.29) is 30.9 Å². The Labute approximate surface area is 258 Å². The molecule has 4 bridgehead atoms. The maximum Gasteiger partial charge on any atom is 0.407 e. The van der Waals surface area contributed by atoms with Gasteiger partial charge in [-0.05, 0) is 62.0 Å². The minimum atomic E-state index is -1.11. The molecule has 1 saturated carbocycles. The Kier molecular flexibility index (Phi) is 9.70. The Hall–Kier alpha value is -3.76. The van der Waals surface area contributed by atoms with E-state index in [1.807, 2.05) is 32.9 Å². The molecule has 1 aromatic carbocycles. The van der Waals surface area contributed by atoms with Crippen molar-refractivity contribution in [1.29, 1.82) is 0 Å². The van der Waals surface area contributed by atoms with Gasteiger partial charge in [0.25, 0.3) is 0 Å². The largest absolute Gasteiger partial charge is 0.496 e. The number of aromatic nitrogens is 1. The van der Waals surface area contributed by atoms with Gasteiger partial charge in [-0.2, -0.15) is 0 Å². The number of rotatable bonds is 5. The van der Waals surface area contributed by atoms with E-state index in [2.05, 4.69) is 10.3 Å². The monoisotopic (exact) mass is 611 g/mol. The van der Waals surface area contributed by atoms with Crippen LogP contribution in [0.15, 0.2) is 18.2 Å². The third-order valence-corrected chi connectivity index (χ3v) is 9.12. The fraction of sp³-hybridized carbons (Fsp3) is 0.636. The van der Waals surface area contributed by atoms with Crippen LogP contribution in [0.3, 0.4) is 0 Å². The number of fused-ring (bicyclic) bond motifs is 3. The lowest BCUT2D eigenvalue weighted by Gasteiger charge is -2.34. The van der Waals surface area contributed by atoms with Crippen LogP contribution in [0, 0.1) is 11.3 Å². The molecule has 240 valence electrons. The summed E-state index contributed by atoms with van der Waals surface area (Å²) in [5.74, 6) is -0.0156. The van der Waals surface area contributed by atoms with Crippen molar-refractivity contribution in [3.8, 4) is 17.4 Å². The fourth-order valence-corrected chi connectivity index (χ4v) is 6.78. The van der Waals surface area contributed by atoms with Crippen molar-refractivity contribution in [3.63, 3.8) is 0 Å². The maximum atomic E-state index is 14.1. The van der Waals surface area contributed by atoms with Gasteiger partial charge in [0.15, 0.2) is 0 Å². The molecule has 2 fully saturated rings. The van der Waals surface area contributed by atoms with Gasteiger partial charge >= 0.3 is 12.1 Å². The highest BCUT2D eigenvalue weighted by Crippen LogP contribution is 2.37. The van der Waals surface area contributed by atoms with Gasteiger partial charge in [0.2, 0.25) is 11.8 Å². The molecule has 2 N–H and O–H groups in total. The first-order valence-corrected chi connectivity index (χ1v) is 15.9. The smallest absolute Gasteiger partial charge is 0.407 e. The molecular weight excluding hydrogens is 566 g/mol. The average molecular weight is 612 g/mol. The van der Waals surface area contributed by atoms with Crippen LogP contribution in [0.5, 0.6) is 17.4 Å². The first kappa shape index (κ1) is 31.7. The zero-order chi connectivity index (χ0) is 31.4. The number of nitrogens with zero attached hydrogens (tertiary/aromatic N) is 2. The average Bonchev–Trinajstić information content (AvgIpc) is 3.43. The summed E-state index contributed by atoms with van der Waals surface area (Å²) in [6, 6.07) is 3.65. The minimum absolute atomic E-state index is 0.0690. The third-order valence-electron chi connectivity index (χ3n) is 9.12. The molecule has 5 rings (SSSR count). The number of ether oxygens (including phenoxy) is 4. The molecular formula is C33H45N3O8. The highest BCUT2D eigenvalue weighted by molar-refractivity contribution is 5.91. The number of carbonyl (C=O) groups is 3. The third kappa shape index (κ3) is 7.13. The number of benzene rings is 1. The van der Waals surface area contributed by atoms with Crippen LogP contribution in [-0.2, 0) is 20.7 Å². The van der Waals surface area contributed by atoms with Crippen molar-refractivity contribution in [2.45, 2.75) is 96.7 Å². The van der Waals surface area contributed by atoms with Crippen LogP contribution in [-0.4, -0.2) is 78.0 Å². The van der Waals surface area contributed by atoms with Crippen LogP contribution < -0.4 is 19.5 Å². The Morgan fingerprint density at radius 2 is 1.93 bits per heavy atom. The van der Waals surface area contributed by atoms with Gasteiger partial charge in [-0.15, -0.1) is 0 Å². The summed E-state index contributed by atoms with van der Waals surface area (Å²) in [6.07, 6.45) is 5.73. The van der Waals surface area contributed by atoms with Crippen molar-refractivity contribution < 1.29 is 38.4 Å². The SMILES string of the molecule is CCOc1cc2c3cc(c(OC)cc3n1)CCCC(C)(C)COC(=O)N[C@@H](C1CCCCC1)C(=O)N1C[C@@H](C[C@H]1C(=O)O)O2. The summed E-state index contributed by atoms with van der Waals surface area (Å²) in [7, 11) is 1.63. The molecule has 3 aliphatic rings. The standard InChI is InChI=1S/C33H45N3O8/c1-5-42-28-17-27-23-14-21(26(41-4)16-24(23)34-28)12-9-13-33(2,3)19-43-32(40)35-29(20-10-7-6-8-11-20)30(37)36-18-22(44-27)15-25(36)31(38)39/h14,16-17,20,22,25,29H,5-13,15,18-19H2,1-4H3,(H,35,40)(H,38,39)/t22-,25+,29+/m1/s1. The van der Waals surface area contributed by atoms with Crippen molar-refractivity contribution in [2.24, 2.45) is 11.3 Å². The zero-order valence-corrected chi connectivity index (χ0v) is 26.2. The number of methoxy groups -OCH3 is 1. The highest BCUT2D eigenvalue weighted by Gasteiger charge is 2.45. The Bertz CT molecular complexity index is 1370. The summed E-state index contributed by atoms with van der Waals surface area (Å²) in [4.78, 5) is 45.7. The van der Waals surface area contributed by atoms with E-state index in [9.17, 15) is 19.5 Å². The lowest BCUT2D eigenvalue weighted by molar-refractivity contribution is -0.149. The first-order valence-electron chi connectivity index (χ1n) is 15.9. The molecule has 1 aliphatic carbocycles. The van der Waals surface area contributed by atoms with Gasteiger partial charge < -0.3 is 34.3 Å². The van der Waals surface area contributed by atoms with E-state index in [4.69, 9.17) is 18.9 Å². The molecule has 0 spiro atoms. The van der Waals surface area contributed by atoms with Gasteiger partial charge in [-0.1, -0.05) is 33.1 Å². The number of carboxylic acids is 1. The van der Waals surface area contributed by atoms with Crippen LogP contribution in [0.2, 0.25) is 0 Å². The van der Waals surface area contributed by atoms with E-state index in [0.717, 1.165) is 62.3 Å². The Morgan fingerprint density at radius 1 is 1.16 bits per heavy atom. The molecule has 3 heterocycles. The minimum Gasteiger partial charge on any atom is -0.496 e. The second-order valence-electron chi connectivity index (χ2n) is 13.0. The van der Waals surface area contributed by atoms with E-state index >= 15 is 0 Å². The molecule has 11 nitrogen and oxygen atoms in total. The number of nitrogens with one attached hydrogen (secondary N) is 1. The zero-order valence-electron chi connectivity index (χ0n) is 26.2. The predicted molar refractivity (Wildman–Crippen MR) is 163 cm³/mol. The number of alkyl carbamates (subject to hydrolysis) is 1. The van der Waals surface area contributed by atoms with Gasteiger partial charge in [0.1, 0.15) is 29.7 Å². The lowest BCUT2D eigenvalue weighted by atomic mass is 9.83. The quantitative estimate of drug-likeness (QED) is 0.472. The first-order chi connectivity index (χ1) is 21.1. The number of aliphatic carboxylic acids is 1. The molecule has 1 saturated heterocycles. The molecule has 11 heteroatoms. The van der Waals surface area contributed by atoms with Gasteiger partial charge in [0, 0.05) is 23.9 Å². The van der Waals surface area contributed by atoms with Crippen molar-refractivity contribution in [1.82, 2.24) is 15.2 Å². The number of carboxylic acid groups (broad SMARTS) is 1. The molecule has 0 radical (unpaired) electrons. The highest BCUT2D eigenvalue weighted by atomic mass is 16.5. The van der Waals surface area contributed by atoms with Crippen LogP contribution in [0.25, 0.3) is 10.9 Å². The van der Waals surface area contributed by atoms with Gasteiger partial charge in [-0.25, -0.2) is 14.6 Å². The maximum absolute atomic E-state index is 14.1. The second kappa shape index (κ2) is 13.5. The fourth-order valence-electron chi connectivity index (χ4n) is 6.78. The summed E-state index contributed by atoms with van der Waals surface area (Å²) in [5, 5.41) is 13.8. The topological polar surface area (TPSA) is 137 Å². The number of carbonyl (C=O) groups excluding carboxylic acids is 2. The predicted octanol–water partition coefficient (Wildman–Crippen LogP) is 5.11. The molecule has 2 amide bonds. The second-order valence-corrected chi connectivity index (χ2v) is 13.0. The van der Waals surface area contributed by atoms with Crippen molar-refractivity contribution in [2.75, 3.05) is 26.9 Å². The summed E-state index contributed by atoms with van der Waals surface area (Å²) >= 11 is 0.